The second-order valence-electron chi connectivity index (χ2n) is 3.53. The molecule has 0 saturated carbocycles. The van der Waals surface area contributed by atoms with Crippen molar-refractivity contribution in [2.75, 3.05) is 6.61 Å². The van der Waals surface area contributed by atoms with Gasteiger partial charge in [-0.05, 0) is 12.1 Å². The van der Waals surface area contributed by atoms with Gasteiger partial charge in [0.1, 0.15) is 5.76 Å². The van der Waals surface area contributed by atoms with Crippen LogP contribution < -0.4 is 0 Å². The molecule has 14 heavy (non-hydrogen) atoms. The van der Waals surface area contributed by atoms with Crippen molar-refractivity contribution in [3.8, 4) is 0 Å². The van der Waals surface area contributed by atoms with Crippen LogP contribution >= 0.6 is 0 Å². The third-order valence-corrected chi connectivity index (χ3v) is 2.38. The lowest BCUT2D eigenvalue weighted by Crippen LogP contribution is -1.89. The lowest BCUT2D eigenvalue weighted by Gasteiger charge is -1.89. The fraction of sp³-hybridized carbons (Fsp3) is 0.273. The summed E-state index contributed by atoms with van der Waals surface area (Å²) in [7, 11) is 0. The second-order valence-corrected chi connectivity index (χ2v) is 3.53. The maximum Gasteiger partial charge on any atom is 0.169 e. The fourth-order valence-corrected chi connectivity index (χ4v) is 1.59. The minimum Gasteiger partial charge on any atom is -0.458 e. The second kappa shape index (κ2) is 2.82. The first-order valence-electron chi connectivity index (χ1n) is 4.61. The van der Waals surface area contributed by atoms with Crippen molar-refractivity contribution in [2.45, 2.75) is 12.5 Å². The molecule has 1 aliphatic heterocycles. The third-order valence-electron chi connectivity index (χ3n) is 2.38. The molecule has 3 heteroatoms. The Morgan fingerprint density at radius 3 is 3.00 bits per heavy atom. The molecule has 2 heterocycles. The Bertz CT molecular complexity index is 471. The van der Waals surface area contributed by atoms with Crippen LogP contribution in [-0.2, 0) is 11.2 Å². The number of hydrogen-bond donors (Lipinski definition) is 0. The summed E-state index contributed by atoms with van der Waals surface area (Å²) in [6, 6.07) is 6.81. The molecule has 1 aliphatic rings. The van der Waals surface area contributed by atoms with Gasteiger partial charge in [0.05, 0.1) is 12.7 Å². The molecule has 3 rings (SSSR count). The van der Waals surface area contributed by atoms with E-state index < -0.39 is 0 Å². The number of benzene rings is 1. The van der Waals surface area contributed by atoms with E-state index in [2.05, 4.69) is 0 Å². The van der Waals surface area contributed by atoms with Crippen molar-refractivity contribution in [1.29, 1.82) is 0 Å². The highest BCUT2D eigenvalue weighted by atomic mass is 19.1. The molecule has 0 amide bonds. The van der Waals surface area contributed by atoms with Crippen LogP contribution in [0, 0.1) is 5.82 Å². The number of epoxide rings is 1. The maximum atomic E-state index is 13.2. The average molecular weight is 192 g/mol. The summed E-state index contributed by atoms with van der Waals surface area (Å²) < 4.78 is 23.7. The van der Waals surface area contributed by atoms with E-state index in [1.807, 2.05) is 12.1 Å². The Hall–Kier alpha value is -1.35. The summed E-state index contributed by atoms with van der Waals surface area (Å²) in [5.41, 5.74) is 0.350. The number of ether oxygens (including phenoxy) is 1. The molecule has 2 aromatic rings. The van der Waals surface area contributed by atoms with Gasteiger partial charge in [-0.25, -0.2) is 4.39 Å². The van der Waals surface area contributed by atoms with Crippen molar-refractivity contribution in [2.24, 2.45) is 0 Å². The molecular formula is C11H9FO2. The summed E-state index contributed by atoms with van der Waals surface area (Å²) in [5.74, 6) is 0.498. The standard InChI is InChI=1S/C11H9FO2/c12-10-3-1-2-7-4-8(14-11(7)10)5-9-6-13-9/h1-4,9H,5-6H2. The highest BCUT2D eigenvalue weighted by Crippen LogP contribution is 2.25. The Morgan fingerprint density at radius 2 is 2.29 bits per heavy atom. The first kappa shape index (κ1) is 8.00. The van der Waals surface area contributed by atoms with Crippen molar-refractivity contribution >= 4 is 11.0 Å². The lowest BCUT2D eigenvalue weighted by molar-refractivity contribution is 0.391. The maximum absolute atomic E-state index is 13.2. The molecule has 0 aliphatic carbocycles. The van der Waals surface area contributed by atoms with Crippen LogP contribution in [-0.4, -0.2) is 12.7 Å². The number of rotatable bonds is 2. The minimum absolute atomic E-state index is 0.277. The van der Waals surface area contributed by atoms with Crippen LogP contribution in [0.25, 0.3) is 11.0 Å². The van der Waals surface area contributed by atoms with Gasteiger partial charge in [-0.15, -0.1) is 0 Å². The van der Waals surface area contributed by atoms with Crippen molar-refractivity contribution in [3.63, 3.8) is 0 Å². The van der Waals surface area contributed by atoms with Crippen LogP contribution in [0.3, 0.4) is 0 Å². The molecule has 0 radical (unpaired) electrons. The zero-order valence-electron chi connectivity index (χ0n) is 7.50. The van der Waals surface area contributed by atoms with Crippen molar-refractivity contribution in [1.82, 2.24) is 0 Å². The van der Waals surface area contributed by atoms with Crippen LogP contribution in [0.5, 0.6) is 0 Å². The monoisotopic (exact) mass is 192 g/mol. The van der Waals surface area contributed by atoms with Crippen LogP contribution in [0.15, 0.2) is 28.7 Å². The van der Waals surface area contributed by atoms with Crippen molar-refractivity contribution < 1.29 is 13.5 Å². The number of para-hydroxylation sites is 1. The number of fused-ring (bicyclic) bond motifs is 1. The molecule has 72 valence electrons. The lowest BCUT2D eigenvalue weighted by atomic mass is 10.2. The van der Waals surface area contributed by atoms with Gasteiger partial charge in [0.15, 0.2) is 11.4 Å². The van der Waals surface area contributed by atoms with Crippen LogP contribution in [0.2, 0.25) is 0 Å². The predicted octanol–water partition coefficient (Wildman–Crippen LogP) is 2.51. The summed E-state index contributed by atoms with van der Waals surface area (Å²) >= 11 is 0. The topological polar surface area (TPSA) is 25.7 Å². The molecule has 1 atom stereocenters. The summed E-state index contributed by atoms with van der Waals surface area (Å²) in [6.45, 7) is 0.791. The summed E-state index contributed by atoms with van der Waals surface area (Å²) in [6.07, 6.45) is 1.02. The first-order chi connectivity index (χ1) is 6.83. The number of halogens is 1. The molecule has 0 N–H and O–H groups in total. The average Bonchev–Trinajstić information content (AvgIpc) is 2.84. The zero-order valence-corrected chi connectivity index (χ0v) is 7.50. The Balaban J connectivity index is 2.05. The Morgan fingerprint density at radius 1 is 1.43 bits per heavy atom. The molecule has 0 bridgehead atoms. The molecule has 2 nitrogen and oxygen atoms in total. The van der Waals surface area contributed by atoms with Gasteiger partial charge in [-0.1, -0.05) is 12.1 Å². The smallest absolute Gasteiger partial charge is 0.169 e. The molecule has 1 aromatic heterocycles. The molecule has 1 fully saturated rings. The Kier molecular flexibility index (Phi) is 1.61. The third kappa shape index (κ3) is 1.30. The number of hydrogen-bond acceptors (Lipinski definition) is 2. The van der Waals surface area contributed by atoms with E-state index >= 15 is 0 Å². The van der Waals surface area contributed by atoms with Gasteiger partial charge in [0.2, 0.25) is 0 Å². The normalized spacial score (nSPS) is 20.2. The van der Waals surface area contributed by atoms with E-state index in [0.717, 1.165) is 24.2 Å². The minimum atomic E-state index is -0.300. The van der Waals surface area contributed by atoms with E-state index in [1.54, 1.807) is 6.07 Å². The largest absolute Gasteiger partial charge is 0.458 e. The van der Waals surface area contributed by atoms with Gasteiger partial charge in [-0.2, -0.15) is 0 Å². The van der Waals surface area contributed by atoms with Gasteiger partial charge in [0.25, 0.3) is 0 Å². The first-order valence-corrected chi connectivity index (χ1v) is 4.61. The van der Waals surface area contributed by atoms with E-state index in [1.165, 1.54) is 6.07 Å². The predicted molar refractivity (Wildman–Crippen MR) is 49.6 cm³/mol. The molecule has 1 saturated heterocycles. The van der Waals surface area contributed by atoms with E-state index in [0.29, 0.717) is 5.58 Å². The summed E-state index contributed by atoms with van der Waals surface area (Å²) in [5, 5.41) is 0.820. The van der Waals surface area contributed by atoms with Crippen LogP contribution in [0.1, 0.15) is 5.76 Å². The molecule has 1 unspecified atom stereocenters. The highest BCUT2D eigenvalue weighted by Gasteiger charge is 2.24. The van der Waals surface area contributed by atoms with E-state index in [4.69, 9.17) is 9.15 Å². The molecule has 1 aromatic carbocycles. The molecular weight excluding hydrogens is 183 g/mol. The quantitative estimate of drug-likeness (QED) is 0.683. The Labute approximate surface area is 80.3 Å². The van der Waals surface area contributed by atoms with Gasteiger partial charge >= 0.3 is 0 Å². The van der Waals surface area contributed by atoms with Gasteiger partial charge in [-0.3, -0.25) is 0 Å². The zero-order chi connectivity index (χ0) is 9.54. The summed E-state index contributed by atoms with van der Waals surface area (Å²) in [4.78, 5) is 0. The van der Waals surface area contributed by atoms with E-state index in [9.17, 15) is 4.39 Å². The molecule has 0 spiro atoms. The van der Waals surface area contributed by atoms with Gasteiger partial charge < -0.3 is 9.15 Å². The highest BCUT2D eigenvalue weighted by molar-refractivity contribution is 5.78. The van der Waals surface area contributed by atoms with Crippen LogP contribution in [0.4, 0.5) is 4.39 Å². The van der Waals surface area contributed by atoms with Gasteiger partial charge in [0, 0.05) is 11.8 Å². The SMILES string of the molecule is Fc1cccc2cc(CC3CO3)oc12. The fourth-order valence-electron chi connectivity index (χ4n) is 1.59. The van der Waals surface area contributed by atoms with Crippen molar-refractivity contribution in [3.05, 3.63) is 35.8 Å². The number of furan rings is 1. The van der Waals surface area contributed by atoms with E-state index in [-0.39, 0.29) is 11.9 Å².